The Bertz CT molecular complexity index is 543. The van der Waals surface area contributed by atoms with Crippen LogP contribution in [0.3, 0.4) is 0 Å². The molecule has 0 unspecified atom stereocenters. The summed E-state index contributed by atoms with van der Waals surface area (Å²) in [5.41, 5.74) is 0.405. The summed E-state index contributed by atoms with van der Waals surface area (Å²) in [5.74, 6) is -0.772. The van der Waals surface area contributed by atoms with Gasteiger partial charge in [-0.05, 0) is 30.5 Å². The molecular weight excluding hydrogens is 267 g/mol. The largest absolute Gasteiger partial charge is 0.310 e. The molecule has 1 aromatic carbocycles. The summed E-state index contributed by atoms with van der Waals surface area (Å²) in [6.07, 6.45) is 2.16. The standard InChI is InChI=1S/C10H12ClFN2O2S/c11-10-6(5-14-7-1-2-7)3-8(4-9(10)12)17(13,15)16/h3-4,7,14H,1-2,5H2,(H2,13,15,16). The van der Waals surface area contributed by atoms with E-state index in [2.05, 4.69) is 5.32 Å². The molecule has 1 saturated carbocycles. The minimum Gasteiger partial charge on any atom is -0.310 e. The van der Waals surface area contributed by atoms with E-state index >= 15 is 0 Å². The minimum absolute atomic E-state index is 0.0643. The number of halogens is 2. The first-order valence-corrected chi connectivity index (χ1v) is 7.04. The van der Waals surface area contributed by atoms with Gasteiger partial charge in [-0.2, -0.15) is 0 Å². The normalized spacial score (nSPS) is 16.2. The van der Waals surface area contributed by atoms with Crippen LogP contribution in [0.15, 0.2) is 17.0 Å². The van der Waals surface area contributed by atoms with Gasteiger partial charge in [0.25, 0.3) is 0 Å². The summed E-state index contributed by atoms with van der Waals surface area (Å²) >= 11 is 5.77. The maximum atomic E-state index is 13.4. The predicted octanol–water partition coefficient (Wildman–Crippen LogP) is 1.38. The molecule has 0 aromatic heterocycles. The Labute approximate surface area is 104 Å². The fraction of sp³-hybridized carbons (Fsp3) is 0.400. The van der Waals surface area contributed by atoms with Gasteiger partial charge in [0.05, 0.1) is 9.92 Å². The van der Waals surface area contributed by atoms with Crippen LogP contribution in [0.4, 0.5) is 4.39 Å². The third kappa shape index (κ3) is 3.16. The fourth-order valence-electron chi connectivity index (χ4n) is 1.45. The molecule has 0 saturated heterocycles. The van der Waals surface area contributed by atoms with Crippen molar-refractivity contribution in [1.82, 2.24) is 5.32 Å². The molecule has 17 heavy (non-hydrogen) atoms. The number of primary sulfonamides is 1. The molecule has 94 valence electrons. The highest BCUT2D eigenvalue weighted by atomic mass is 35.5. The molecule has 1 aliphatic rings. The van der Waals surface area contributed by atoms with Crippen molar-refractivity contribution in [2.75, 3.05) is 0 Å². The lowest BCUT2D eigenvalue weighted by molar-refractivity contribution is 0.590. The summed E-state index contributed by atoms with van der Waals surface area (Å²) < 4.78 is 35.7. The molecule has 0 spiro atoms. The topological polar surface area (TPSA) is 72.2 Å². The molecule has 2 rings (SSSR count). The van der Waals surface area contributed by atoms with Gasteiger partial charge in [0.2, 0.25) is 10.0 Å². The van der Waals surface area contributed by atoms with Crippen LogP contribution in [0.5, 0.6) is 0 Å². The lowest BCUT2D eigenvalue weighted by Crippen LogP contribution is -2.18. The number of rotatable bonds is 4. The van der Waals surface area contributed by atoms with Crippen LogP contribution < -0.4 is 10.5 Å². The van der Waals surface area contributed by atoms with Crippen LogP contribution in [0.2, 0.25) is 5.02 Å². The van der Waals surface area contributed by atoms with Crippen LogP contribution in [0, 0.1) is 5.82 Å². The maximum absolute atomic E-state index is 13.4. The van der Waals surface area contributed by atoms with Gasteiger partial charge in [-0.15, -0.1) is 0 Å². The lowest BCUT2D eigenvalue weighted by atomic mass is 10.2. The van der Waals surface area contributed by atoms with Crippen molar-refractivity contribution in [2.24, 2.45) is 5.14 Å². The Morgan fingerprint density at radius 2 is 2.12 bits per heavy atom. The molecule has 1 aliphatic carbocycles. The minimum atomic E-state index is -3.91. The van der Waals surface area contributed by atoms with E-state index in [-0.39, 0.29) is 9.92 Å². The predicted molar refractivity (Wildman–Crippen MR) is 62.6 cm³/mol. The van der Waals surface area contributed by atoms with Crippen molar-refractivity contribution in [2.45, 2.75) is 30.3 Å². The summed E-state index contributed by atoms with van der Waals surface area (Å²) in [6.45, 7) is 0.337. The van der Waals surface area contributed by atoms with Crippen molar-refractivity contribution >= 4 is 21.6 Å². The lowest BCUT2D eigenvalue weighted by Gasteiger charge is -2.08. The van der Waals surface area contributed by atoms with Gasteiger partial charge >= 0.3 is 0 Å². The van der Waals surface area contributed by atoms with Gasteiger partial charge in [-0.25, -0.2) is 17.9 Å². The Hall–Kier alpha value is -0.690. The van der Waals surface area contributed by atoms with Gasteiger partial charge in [-0.1, -0.05) is 11.6 Å². The fourth-order valence-corrected chi connectivity index (χ4v) is 2.20. The highest BCUT2D eigenvalue weighted by Gasteiger charge is 2.21. The van der Waals surface area contributed by atoms with E-state index in [0.717, 1.165) is 18.9 Å². The van der Waals surface area contributed by atoms with E-state index in [1.807, 2.05) is 0 Å². The van der Waals surface area contributed by atoms with Crippen LogP contribution in [-0.4, -0.2) is 14.5 Å². The number of hydrogen-bond acceptors (Lipinski definition) is 3. The van der Waals surface area contributed by atoms with E-state index in [0.29, 0.717) is 18.2 Å². The first-order chi connectivity index (χ1) is 7.88. The van der Waals surface area contributed by atoms with E-state index in [4.69, 9.17) is 16.7 Å². The first-order valence-electron chi connectivity index (χ1n) is 5.12. The van der Waals surface area contributed by atoms with Crippen molar-refractivity contribution < 1.29 is 12.8 Å². The van der Waals surface area contributed by atoms with Gasteiger partial charge in [0.1, 0.15) is 5.82 Å². The molecule has 4 nitrogen and oxygen atoms in total. The molecule has 0 bridgehead atoms. The summed E-state index contributed by atoms with van der Waals surface area (Å²) in [6, 6.07) is 2.56. The molecule has 1 fully saturated rings. The summed E-state index contributed by atoms with van der Waals surface area (Å²) in [5, 5.41) is 8.02. The maximum Gasteiger partial charge on any atom is 0.238 e. The third-order valence-corrected chi connectivity index (χ3v) is 3.88. The number of benzene rings is 1. The molecule has 3 N–H and O–H groups in total. The van der Waals surface area contributed by atoms with Crippen LogP contribution in [-0.2, 0) is 16.6 Å². The molecule has 0 aliphatic heterocycles. The van der Waals surface area contributed by atoms with Gasteiger partial charge in [0.15, 0.2) is 0 Å². The number of hydrogen-bond donors (Lipinski definition) is 2. The second-order valence-electron chi connectivity index (χ2n) is 4.08. The third-order valence-electron chi connectivity index (χ3n) is 2.56. The van der Waals surface area contributed by atoms with Crippen molar-refractivity contribution in [3.05, 3.63) is 28.5 Å². The van der Waals surface area contributed by atoms with Crippen molar-refractivity contribution in [1.29, 1.82) is 0 Å². The summed E-state index contributed by atoms with van der Waals surface area (Å²) in [4.78, 5) is -0.257. The Kier molecular flexibility index (Phi) is 3.40. The van der Waals surface area contributed by atoms with E-state index in [9.17, 15) is 12.8 Å². The second-order valence-corrected chi connectivity index (χ2v) is 6.02. The molecular formula is C10H12ClFN2O2S. The van der Waals surface area contributed by atoms with Crippen LogP contribution >= 0.6 is 11.6 Å². The van der Waals surface area contributed by atoms with Gasteiger partial charge in [-0.3, -0.25) is 0 Å². The van der Waals surface area contributed by atoms with Crippen molar-refractivity contribution in [3.8, 4) is 0 Å². The Balaban J connectivity index is 2.31. The average Bonchev–Trinajstić information content (AvgIpc) is 3.02. The van der Waals surface area contributed by atoms with E-state index in [1.54, 1.807) is 0 Å². The average molecular weight is 279 g/mol. The molecule has 0 heterocycles. The van der Waals surface area contributed by atoms with Crippen molar-refractivity contribution in [3.63, 3.8) is 0 Å². The first kappa shape index (κ1) is 12.8. The number of nitrogens with one attached hydrogen (secondary N) is 1. The Morgan fingerprint density at radius 1 is 1.47 bits per heavy atom. The number of nitrogens with two attached hydrogens (primary N) is 1. The van der Waals surface area contributed by atoms with E-state index < -0.39 is 15.8 Å². The quantitative estimate of drug-likeness (QED) is 0.874. The zero-order valence-electron chi connectivity index (χ0n) is 8.91. The highest BCUT2D eigenvalue weighted by Crippen LogP contribution is 2.25. The molecule has 7 heteroatoms. The smallest absolute Gasteiger partial charge is 0.238 e. The zero-order valence-corrected chi connectivity index (χ0v) is 10.5. The number of sulfonamides is 1. The monoisotopic (exact) mass is 278 g/mol. The summed E-state index contributed by atoms with van der Waals surface area (Å²) in [7, 11) is -3.91. The Morgan fingerprint density at radius 3 is 2.65 bits per heavy atom. The van der Waals surface area contributed by atoms with Gasteiger partial charge < -0.3 is 5.32 Å². The second kappa shape index (κ2) is 4.53. The highest BCUT2D eigenvalue weighted by molar-refractivity contribution is 7.89. The molecule has 0 amide bonds. The zero-order chi connectivity index (χ0) is 12.6. The van der Waals surface area contributed by atoms with Crippen LogP contribution in [0.1, 0.15) is 18.4 Å². The van der Waals surface area contributed by atoms with Crippen LogP contribution in [0.25, 0.3) is 0 Å². The van der Waals surface area contributed by atoms with E-state index in [1.165, 1.54) is 6.07 Å². The SMILES string of the molecule is NS(=O)(=O)c1cc(F)c(Cl)c(CNC2CC2)c1. The van der Waals surface area contributed by atoms with Gasteiger partial charge in [0, 0.05) is 12.6 Å². The molecule has 0 radical (unpaired) electrons. The molecule has 0 atom stereocenters. The molecule has 1 aromatic rings.